The van der Waals surface area contributed by atoms with Crippen molar-refractivity contribution in [3.8, 4) is 11.5 Å². The van der Waals surface area contributed by atoms with Gasteiger partial charge in [0.15, 0.2) is 17.3 Å². The Labute approximate surface area is 102 Å². The maximum atomic E-state index is 11.2. The van der Waals surface area contributed by atoms with Crippen LogP contribution < -0.4 is 9.47 Å². The summed E-state index contributed by atoms with van der Waals surface area (Å²) in [6, 6.07) is 5.59. The van der Waals surface area contributed by atoms with Crippen LogP contribution in [0.4, 0.5) is 0 Å². The second-order valence-electron chi connectivity index (χ2n) is 3.50. The summed E-state index contributed by atoms with van der Waals surface area (Å²) in [5.41, 5.74) is 0.923. The van der Waals surface area contributed by atoms with Crippen molar-refractivity contribution < 1.29 is 14.3 Å². The number of rotatable bonds is 6. The SMILES string of the molecule is CCOc1ccc(C=CC(=O)CC)cc1OC. The summed E-state index contributed by atoms with van der Waals surface area (Å²) in [7, 11) is 1.60. The minimum absolute atomic E-state index is 0.109. The molecular formula is C14H18O3. The molecule has 1 aromatic carbocycles. The highest BCUT2D eigenvalue weighted by Crippen LogP contribution is 2.28. The van der Waals surface area contributed by atoms with Crippen LogP contribution in [0.1, 0.15) is 25.8 Å². The number of hydrogen-bond acceptors (Lipinski definition) is 3. The number of carbonyl (C=O) groups is 1. The molecule has 3 nitrogen and oxygen atoms in total. The Bertz CT molecular complexity index is 408. The van der Waals surface area contributed by atoms with Crippen LogP contribution in [0.3, 0.4) is 0 Å². The smallest absolute Gasteiger partial charge is 0.161 e. The molecule has 0 atom stereocenters. The van der Waals surface area contributed by atoms with E-state index in [1.54, 1.807) is 19.3 Å². The largest absolute Gasteiger partial charge is 0.493 e. The zero-order valence-electron chi connectivity index (χ0n) is 10.5. The molecule has 0 aliphatic rings. The third kappa shape index (κ3) is 3.94. The monoisotopic (exact) mass is 234 g/mol. The fourth-order valence-electron chi connectivity index (χ4n) is 1.37. The van der Waals surface area contributed by atoms with Gasteiger partial charge in [-0.25, -0.2) is 0 Å². The number of benzene rings is 1. The Hall–Kier alpha value is -1.77. The van der Waals surface area contributed by atoms with Gasteiger partial charge in [0.25, 0.3) is 0 Å². The molecule has 0 N–H and O–H groups in total. The molecule has 3 heteroatoms. The second kappa shape index (κ2) is 6.74. The molecule has 1 aromatic rings. The lowest BCUT2D eigenvalue weighted by atomic mass is 10.1. The van der Waals surface area contributed by atoms with Gasteiger partial charge < -0.3 is 9.47 Å². The van der Waals surface area contributed by atoms with E-state index in [2.05, 4.69) is 0 Å². The first-order valence-corrected chi connectivity index (χ1v) is 5.73. The van der Waals surface area contributed by atoms with E-state index in [-0.39, 0.29) is 5.78 Å². The molecule has 92 valence electrons. The van der Waals surface area contributed by atoms with Crippen molar-refractivity contribution in [2.75, 3.05) is 13.7 Å². The molecule has 0 radical (unpaired) electrons. The van der Waals surface area contributed by atoms with E-state index < -0.39 is 0 Å². The molecule has 0 fully saturated rings. The Morgan fingerprint density at radius 3 is 2.65 bits per heavy atom. The summed E-state index contributed by atoms with van der Waals surface area (Å²) in [6.07, 6.45) is 3.88. The van der Waals surface area contributed by atoms with Gasteiger partial charge in [0, 0.05) is 6.42 Å². The van der Waals surface area contributed by atoms with E-state index in [0.717, 1.165) is 5.56 Å². The number of ether oxygens (including phenoxy) is 2. The average molecular weight is 234 g/mol. The normalized spacial score (nSPS) is 10.5. The summed E-state index contributed by atoms with van der Waals surface area (Å²) in [5, 5.41) is 0. The Kier molecular flexibility index (Phi) is 5.27. The average Bonchev–Trinajstić information content (AvgIpc) is 2.37. The van der Waals surface area contributed by atoms with Crippen molar-refractivity contribution in [3.05, 3.63) is 29.8 Å². The molecule has 0 aliphatic heterocycles. The lowest BCUT2D eigenvalue weighted by Gasteiger charge is -2.09. The van der Waals surface area contributed by atoms with E-state index in [9.17, 15) is 4.79 Å². The minimum atomic E-state index is 0.109. The summed E-state index contributed by atoms with van der Waals surface area (Å²) in [6.45, 7) is 4.36. The van der Waals surface area contributed by atoms with Gasteiger partial charge in [-0.1, -0.05) is 19.1 Å². The van der Waals surface area contributed by atoms with E-state index >= 15 is 0 Å². The summed E-state index contributed by atoms with van der Waals surface area (Å²) in [4.78, 5) is 11.2. The van der Waals surface area contributed by atoms with E-state index in [0.29, 0.717) is 24.5 Å². The number of allylic oxidation sites excluding steroid dienone is 1. The summed E-state index contributed by atoms with van der Waals surface area (Å²) in [5.74, 6) is 1.50. The third-order valence-corrected chi connectivity index (χ3v) is 2.30. The van der Waals surface area contributed by atoms with Gasteiger partial charge in [-0.15, -0.1) is 0 Å². The molecule has 17 heavy (non-hydrogen) atoms. The molecule has 0 amide bonds. The second-order valence-corrected chi connectivity index (χ2v) is 3.50. The number of ketones is 1. The van der Waals surface area contributed by atoms with Crippen LogP contribution in [0, 0.1) is 0 Å². The van der Waals surface area contributed by atoms with Crippen LogP contribution in [0.2, 0.25) is 0 Å². The summed E-state index contributed by atoms with van der Waals surface area (Å²) >= 11 is 0. The minimum Gasteiger partial charge on any atom is -0.493 e. The fourth-order valence-corrected chi connectivity index (χ4v) is 1.37. The van der Waals surface area contributed by atoms with E-state index in [1.165, 1.54) is 0 Å². The van der Waals surface area contributed by atoms with Gasteiger partial charge in [-0.3, -0.25) is 4.79 Å². The van der Waals surface area contributed by atoms with Crippen molar-refractivity contribution in [1.29, 1.82) is 0 Å². The van der Waals surface area contributed by atoms with E-state index in [4.69, 9.17) is 9.47 Å². The van der Waals surface area contributed by atoms with Crippen LogP contribution in [-0.2, 0) is 4.79 Å². The van der Waals surface area contributed by atoms with Crippen molar-refractivity contribution in [2.45, 2.75) is 20.3 Å². The van der Waals surface area contributed by atoms with E-state index in [1.807, 2.05) is 32.0 Å². The third-order valence-electron chi connectivity index (χ3n) is 2.30. The zero-order chi connectivity index (χ0) is 12.7. The first-order chi connectivity index (χ1) is 8.21. The van der Waals surface area contributed by atoms with Crippen LogP contribution in [0.5, 0.6) is 11.5 Å². The van der Waals surface area contributed by atoms with Crippen LogP contribution in [0.25, 0.3) is 6.08 Å². The fraction of sp³-hybridized carbons (Fsp3) is 0.357. The Balaban J connectivity index is 2.89. The Morgan fingerprint density at radius 2 is 2.06 bits per heavy atom. The first-order valence-electron chi connectivity index (χ1n) is 5.73. The highest BCUT2D eigenvalue weighted by molar-refractivity contribution is 5.93. The van der Waals surface area contributed by atoms with Crippen LogP contribution in [-0.4, -0.2) is 19.5 Å². The molecule has 0 heterocycles. The zero-order valence-corrected chi connectivity index (χ0v) is 10.5. The highest BCUT2D eigenvalue weighted by atomic mass is 16.5. The number of carbonyl (C=O) groups excluding carboxylic acids is 1. The molecule has 0 spiro atoms. The lowest BCUT2D eigenvalue weighted by molar-refractivity contribution is -0.114. The highest BCUT2D eigenvalue weighted by Gasteiger charge is 2.03. The maximum absolute atomic E-state index is 11.2. The first kappa shape index (κ1) is 13.3. The van der Waals surface area contributed by atoms with Crippen molar-refractivity contribution in [1.82, 2.24) is 0 Å². The van der Waals surface area contributed by atoms with Gasteiger partial charge in [0.2, 0.25) is 0 Å². The van der Waals surface area contributed by atoms with Gasteiger partial charge in [-0.2, -0.15) is 0 Å². The van der Waals surface area contributed by atoms with Crippen molar-refractivity contribution in [2.24, 2.45) is 0 Å². The quantitative estimate of drug-likeness (QED) is 0.709. The van der Waals surface area contributed by atoms with Crippen molar-refractivity contribution in [3.63, 3.8) is 0 Å². The van der Waals surface area contributed by atoms with Crippen LogP contribution in [0.15, 0.2) is 24.3 Å². The predicted octanol–water partition coefficient (Wildman–Crippen LogP) is 3.09. The maximum Gasteiger partial charge on any atom is 0.161 e. The molecular weight excluding hydrogens is 216 g/mol. The van der Waals surface area contributed by atoms with Gasteiger partial charge in [0.1, 0.15) is 0 Å². The predicted molar refractivity (Wildman–Crippen MR) is 68.5 cm³/mol. The van der Waals surface area contributed by atoms with Crippen molar-refractivity contribution >= 4 is 11.9 Å². The lowest BCUT2D eigenvalue weighted by Crippen LogP contribution is -1.95. The standard InChI is InChI=1S/C14H18O3/c1-4-12(15)8-6-11-7-9-13(17-5-2)14(10-11)16-3/h6-10H,4-5H2,1-3H3. The van der Waals surface area contributed by atoms with Crippen LogP contribution >= 0.6 is 0 Å². The molecule has 0 aromatic heterocycles. The summed E-state index contributed by atoms with van der Waals surface area (Å²) < 4.78 is 10.6. The number of methoxy groups -OCH3 is 1. The number of hydrogen-bond donors (Lipinski definition) is 0. The van der Waals surface area contributed by atoms with Gasteiger partial charge in [0.05, 0.1) is 13.7 Å². The van der Waals surface area contributed by atoms with Gasteiger partial charge in [-0.05, 0) is 30.7 Å². The molecule has 0 bridgehead atoms. The molecule has 0 saturated heterocycles. The van der Waals surface area contributed by atoms with Gasteiger partial charge >= 0.3 is 0 Å². The molecule has 0 aliphatic carbocycles. The molecule has 0 saturated carbocycles. The molecule has 0 unspecified atom stereocenters. The molecule has 1 rings (SSSR count). The topological polar surface area (TPSA) is 35.5 Å². The Morgan fingerprint density at radius 1 is 1.29 bits per heavy atom.